The number of carbonyl (C=O) groups excluding carboxylic acids is 1. The van der Waals surface area contributed by atoms with E-state index in [9.17, 15) is 4.79 Å². The van der Waals surface area contributed by atoms with Crippen LogP contribution in [0.3, 0.4) is 0 Å². The molecule has 1 amide bonds. The molecule has 1 aromatic heterocycles. The van der Waals surface area contributed by atoms with E-state index in [1.165, 1.54) is 23.2 Å². The monoisotopic (exact) mass is 369 g/mol. The Kier molecular flexibility index (Phi) is 6.35. The summed E-state index contributed by atoms with van der Waals surface area (Å²) in [7, 11) is 1.68. The van der Waals surface area contributed by atoms with Crippen molar-refractivity contribution < 1.29 is 14.7 Å². The molecule has 1 saturated heterocycles. The Morgan fingerprint density at radius 2 is 2.30 bits per heavy atom. The Balaban J connectivity index is 1.50. The van der Waals surface area contributed by atoms with Gasteiger partial charge in [0, 0.05) is 31.8 Å². The Hall–Kier alpha value is -2.97. The maximum atomic E-state index is 11.0. The fraction of sp³-hybridized carbons (Fsp3) is 0.316. The van der Waals surface area contributed by atoms with E-state index in [1.54, 1.807) is 19.5 Å². The number of amides is 1. The summed E-state index contributed by atoms with van der Waals surface area (Å²) in [6.45, 7) is 2.83. The van der Waals surface area contributed by atoms with Crippen LogP contribution in [0.5, 0.6) is 5.75 Å². The number of likely N-dealkylation sites (tertiary alicyclic amines) is 1. The molecule has 0 spiro atoms. The highest BCUT2D eigenvalue weighted by Crippen LogP contribution is 2.19. The van der Waals surface area contributed by atoms with Gasteiger partial charge < -0.3 is 10.1 Å². The maximum absolute atomic E-state index is 11.0. The zero-order chi connectivity index (χ0) is 19.1. The van der Waals surface area contributed by atoms with Gasteiger partial charge in [0.25, 0.3) is 5.91 Å². The molecule has 8 heteroatoms. The highest BCUT2D eigenvalue weighted by Gasteiger charge is 2.22. The standard InChI is InChI=1S/C19H23N5O3/c1-27-17-4-2-3-14(9-17)12-24-8-7-16(13-24)22-18-11-20-15(10-21-18)5-6-19(25)23-26/h2-6,9-11,16,26H,7-8,12-13H2,1H3,(H,21,22)(H,23,25)/t16-/m1/s1. The van der Waals surface area contributed by atoms with Crippen LogP contribution < -0.4 is 15.5 Å². The number of hydroxylamine groups is 1. The van der Waals surface area contributed by atoms with Gasteiger partial charge in [0.05, 0.1) is 25.2 Å². The van der Waals surface area contributed by atoms with Gasteiger partial charge in [-0.15, -0.1) is 0 Å². The average Bonchev–Trinajstić information content (AvgIpc) is 3.14. The van der Waals surface area contributed by atoms with Crippen molar-refractivity contribution in [1.82, 2.24) is 20.3 Å². The number of methoxy groups -OCH3 is 1. The van der Waals surface area contributed by atoms with E-state index in [4.69, 9.17) is 9.94 Å². The molecule has 0 bridgehead atoms. The molecule has 3 rings (SSSR count). The Morgan fingerprint density at radius 3 is 3.04 bits per heavy atom. The van der Waals surface area contributed by atoms with Crippen molar-refractivity contribution in [2.45, 2.75) is 19.0 Å². The van der Waals surface area contributed by atoms with Crippen LogP contribution >= 0.6 is 0 Å². The van der Waals surface area contributed by atoms with E-state index in [0.29, 0.717) is 17.6 Å². The number of hydrogen-bond donors (Lipinski definition) is 3. The molecule has 1 aliphatic heterocycles. The number of carbonyl (C=O) groups is 1. The number of nitrogens with one attached hydrogen (secondary N) is 2. The lowest BCUT2D eigenvalue weighted by Crippen LogP contribution is -2.26. The van der Waals surface area contributed by atoms with Gasteiger partial charge in [-0.3, -0.25) is 19.9 Å². The molecule has 0 radical (unpaired) electrons. The first-order valence-electron chi connectivity index (χ1n) is 8.72. The summed E-state index contributed by atoms with van der Waals surface area (Å²) < 4.78 is 5.28. The molecule has 27 heavy (non-hydrogen) atoms. The fourth-order valence-corrected chi connectivity index (χ4v) is 3.03. The zero-order valence-corrected chi connectivity index (χ0v) is 15.1. The first-order valence-corrected chi connectivity index (χ1v) is 8.72. The quantitative estimate of drug-likeness (QED) is 0.388. The van der Waals surface area contributed by atoms with Gasteiger partial charge in [-0.05, 0) is 30.2 Å². The van der Waals surface area contributed by atoms with E-state index in [2.05, 4.69) is 32.3 Å². The van der Waals surface area contributed by atoms with E-state index in [-0.39, 0.29) is 0 Å². The number of ether oxygens (including phenoxy) is 1. The van der Waals surface area contributed by atoms with Crippen molar-refractivity contribution in [2.75, 3.05) is 25.5 Å². The summed E-state index contributed by atoms with van der Waals surface area (Å²) in [6.07, 6.45) is 6.91. The number of anilines is 1. The van der Waals surface area contributed by atoms with Gasteiger partial charge in [-0.2, -0.15) is 0 Å². The fourth-order valence-electron chi connectivity index (χ4n) is 3.03. The molecular weight excluding hydrogens is 346 g/mol. The summed E-state index contributed by atoms with van der Waals surface area (Å²) in [5.74, 6) is 0.968. The van der Waals surface area contributed by atoms with Crippen LogP contribution in [0, 0.1) is 0 Å². The molecule has 2 aromatic rings. The molecule has 0 saturated carbocycles. The topological polar surface area (TPSA) is 99.6 Å². The van der Waals surface area contributed by atoms with Crippen molar-refractivity contribution in [3.63, 3.8) is 0 Å². The third-order valence-corrected chi connectivity index (χ3v) is 4.35. The molecule has 3 N–H and O–H groups in total. The van der Waals surface area contributed by atoms with Gasteiger partial charge in [-0.1, -0.05) is 12.1 Å². The summed E-state index contributed by atoms with van der Waals surface area (Å²) in [6, 6.07) is 8.45. The molecule has 0 unspecified atom stereocenters. The second-order valence-corrected chi connectivity index (χ2v) is 6.35. The van der Waals surface area contributed by atoms with Crippen LogP contribution in [0.2, 0.25) is 0 Å². The van der Waals surface area contributed by atoms with Crippen LogP contribution in [0.4, 0.5) is 5.82 Å². The van der Waals surface area contributed by atoms with Crippen molar-refractivity contribution in [3.05, 3.63) is 54.0 Å². The van der Waals surface area contributed by atoms with E-state index < -0.39 is 5.91 Å². The Labute approximate surface area is 157 Å². The molecule has 2 heterocycles. The minimum Gasteiger partial charge on any atom is -0.497 e. The normalized spacial score (nSPS) is 17.2. The third-order valence-electron chi connectivity index (χ3n) is 4.35. The van der Waals surface area contributed by atoms with E-state index in [1.807, 2.05) is 12.1 Å². The van der Waals surface area contributed by atoms with Crippen LogP contribution in [0.1, 0.15) is 17.7 Å². The number of rotatable bonds is 7. The van der Waals surface area contributed by atoms with Crippen molar-refractivity contribution >= 4 is 17.8 Å². The van der Waals surface area contributed by atoms with Crippen LogP contribution in [-0.2, 0) is 11.3 Å². The molecule has 1 aliphatic rings. The summed E-state index contributed by atoms with van der Waals surface area (Å²) in [5, 5.41) is 11.8. The zero-order valence-electron chi connectivity index (χ0n) is 15.1. The van der Waals surface area contributed by atoms with Crippen LogP contribution in [0.15, 0.2) is 42.7 Å². The van der Waals surface area contributed by atoms with Gasteiger partial charge in [-0.25, -0.2) is 10.5 Å². The first kappa shape index (κ1) is 18.8. The second-order valence-electron chi connectivity index (χ2n) is 6.35. The predicted molar refractivity (Wildman–Crippen MR) is 101 cm³/mol. The highest BCUT2D eigenvalue weighted by atomic mass is 16.5. The molecular formula is C19H23N5O3. The minimum absolute atomic E-state index is 0.312. The number of hydrogen-bond acceptors (Lipinski definition) is 7. The molecule has 8 nitrogen and oxygen atoms in total. The molecule has 1 fully saturated rings. The largest absolute Gasteiger partial charge is 0.497 e. The lowest BCUT2D eigenvalue weighted by atomic mass is 10.2. The predicted octanol–water partition coefficient (Wildman–Crippen LogP) is 1.69. The van der Waals surface area contributed by atoms with Crippen molar-refractivity contribution in [2.24, 2.45) is 0 Å². The third kappa shape index (κ3) is 5.50. The molecule has 1 atom stereocenters. The van der Waals surface area contributed by atoms with E-state index >= 15 is 0 Å². The SMILES string of the molecule is COc1cccc(CN2CC[C@@H](Nc3cnc(C=CC(=O)NO)cn3)C2)c1. The minimum atomic E-state index is -0.610. The van der Waals surface area contributed by atoms with Gasteiger partial charge in [0.1, 0.15) is 11.6 Å². The van der Waals surface area contributed by atoms with Gasteiger partial charge in [0.15, 0.2) is 0 Å². The van der Waals surface area contributed by atoms with Crippen molar-refractivity contribution in [3.8, 4) is 5.75 Å². The molecule has 1 aromatic carbocycles. The van der Waals surface area contributed by atoms with Crippen LogP contribution in [0.25, 0.3) is 6.08 Å². The average molecular weight is 369 g/mol. The first-order chi connectivity index (χ1) is 13.2. The van der Waals surface area contributed by atoms with Crippen LogP contribution in [-0.4, -0.2) is 52.2 Å². The van der Waals surface area contributed by atoms with Gasteiger partial charge >= 0.3 is 0 Å². The summed E-state index contributed by atoms with van der Waals surface area (Å²) in [5.41, 5.74) is 3.30. The molecule has 0 aliphatic carbocycles. The Morgan fingerprint density at radius 1 is 1.41 bits per heavy atom. The maximum Gasteiger partial charge on any atom is 0.267 e. The summed E-state index contributed by atoms with van der Waals surface area (Å²) >= 11 is 0. The van der Waals surface area contributed by atoms with E-state index in [0.717, 1.165) is 31.8 Å². The lowest BCUT2D eigenvalue weighted by Gasteiger charge is -2.17. The summed E-state index contributed by atoms with van der Waals surface area (Å²) in [4.78, 5) is 21.9. The lowest BCUT2D eigenvalue weighted by molar-refractivity contribution is -0.124. The number of nitrogens with zero attached hydrogens (tertiary/aromatic N) is 3. The molecule has 142 valence electrons. The Bertz CT molecular complexity index is 794. The number of aromatic nitrogens is 2. The smallest absolute Gasteiger partial charge is 0.267 e. The van der Waals surface area contributed by atoms with Crippen molar-refractivity contribution in [1.29, 1.82) is 0 Å². The second kappa shape index (κ2) is 9.11. The number of benzene rings is 1. The highest BCUT2D eigenvalue weighted by molar-refractivity contribution is 5.90. The van der Waals surface area contributed by atoms with Gasteiger partial charge in [0.2, 0.25) is 0 Å².